The zero-order chi connectivity index (χ0) is 23.4. The second-order valence-electron chi connectivity index (χ2n) is 6.55. The van der Waals surface area contributed by atoms with Gasteiger partial charge in [0.15, 0.2) is 0 Å². The Morgan fingerprint density at radius 2 is 1.50 bits per heavy atom. The molecule has 30 heavy (non-hydrogen) atoms. The zero-order valence-corrected chi connectivity index (χ0v) is 17.5. The molecule has 0 spiro atoms. The molecule has 0 saturated carbocycles. The first kappa shape index (κ1) is 29.5. The van der Waals surface area contributed by atoms with Crippen LogP contribution in [-0.2, 0) is 14.4 Å². The summed E-state index contributed by atoms with van der Waals surface area (Å²) in [7, 11) is 0. The van der Waals surface area contributed by atoms with Gasteiger partial charge in [-0.3, -0.25) is 4.79 Å². The summed E-state index contributed by atoms with van der Waals surface area (Å²) < 4.78 is 0. The van der Waals surface area contributed by atoms with Crippen molar-refractivity contribution in [2.75, 3.05) is 26.3 Å². The van der Waals surface area contributed by atoms with Gasteiger partial charge in [0.2, 0.25) is 12.2 Å². The van der Waals surface area contributed by atoms with Crippen LogP contribution in [0.2, 0.25) is 0 Å². The van der Waals surface area contributed by atoms with E-state index in [0.29, 0.717) is 11.4 Å². The van der Waals surface area contributed by atoms with E-state index in [-0.39, 0.29) is 0 Å². The molecular formula is C20H32N4O6. The van der Waals surface area contributed by atoms with Crippen molar-refractivity contribution in [3.63, 3.8) is 0 Å². The van der Waals surface area contributed by atoms with Crippen LogP contribution in [0.5, 0.6) is 0 Å². The molecule has 0 aliphatic rings. The molecule has 0 bridgehead atoms. The van der Waals surface area contributed by atoms with E-state index < -0.39 is 24.6 Å². The Morgan fingerprint density at radius 3 is 1.83 bits per heavy atom. The molecule has 168 valence electrons. The van der Waals surface area contributed by atoms with E-state index in [1.807, 2.05) is 0 Å². The van der Waals surface area contributed by atoms with Gasteiger partial charge in [-0.2, -0.15) is 9.98 Å². The van der Waals surface area contributed by atoms with Gasteiger partial charge in [0.05, 0.1) is 24.6 Å². The Balaban J connectivity index is 0. The molecule has 0 atom stereocenters. The number of unbranched alkanes of at least 4 members (excludes halogenated alkanes) is 3. The maximum atomic E-state index is 10.2. The number of carboxylic acid groups (broad SMARTS) is 1. The monoisotopic (exact) mass is 424 g/mol. The molecule has 0 aliphatic heterocycles. The van der Waals surface area contributed by atoms with Crippen LogP contribution in [0.4, 0.5) is 11.4 Å². The number of carboxylic acids is 1. The van der Waals surface area contributed by atoms with Gasteiger partial charge >= 0.3 is 5.97 Å². The molecule has 0 fully saturated rings. The highest BCUT2D eigenvalue weighted by molar-refractivity contribution is 5.74. The fourth-order valence-corrected chi connectivity index (χ4v) is 1.72. The van der Waals surface area contributed by atoms with Crippen LogP contribution in [-0.4, -0.2) is 59.8 Å². The highest BCUT2D eigenvalue weighted by Gasteiger charge is 2.31. The topological polar surface area (TPSA) is 189 Å². The second kappa shape index (κ2) is 18.3. The number of carbonyl (C=O) groups excluding carboxylic acids is 2. The van der Waals surface area contributed by atoms with Crippen LogP contribution in [0, 0.1) is 12.3 Å². The minimum absolute atomic E-state index is 0.426. The number of carbonyl (C=O) groups is 1. The number of hydrogen-bond acceptors (Lipinski definition) is 9. The second-order valence-corrected chi connectivity index (χ2v) is 6.55. The molecule has 0 saturated heterocycles. The first-order valence-electron chi connectivity index (χ1n) is 9.37. The Morgan fingerprint density at radius 1 is 1.00 bits per heavy atom. The van der Waals surface area contributed by atoms with Crippen LogP contribution < -0.4 is 11.5 Å². The number of nitrogens with zero attached hydrogens (tertiary/aromatic N) is 2. The van der Waals surface area contributed by atoms with Gasteiger partial charge in [-0.05, 0) is 57.5 Å². The fraction of sp³-hybridized carbons (Fsp3) is 0.550. The summed E-state index contributed by atoms with van der Waals surface area (Å²) in [6, 6.07) is 4.88. The highest BCUT2D eigenvalue weighted by atomic mass is 16.4. The molecule has 0 unspecified atom stereocenters. The van der Waals surface area contributed by atoms with Crippen molar-refractivity contribution in [2.24, 2.45) is 26.9 Å². The molecule has 0 aromatic heterocycles. The quantitative estimate of drug-likeness (QED) is 0.212. The minimum Gasteiger partial charge on any atom is -0.481 e. The molecular weight excluding hydrogens is 392 g/mol. The van der Waals surface area contributed by atoms with E-state index in [4.69, 9.17) is 26.8 Å². The molecule has 0 radical (unpaired) electrons. The number of aliphatic carboxylic acids is 1. The minimum atomic E-state index is -1.39. The third-order valence-electron chi connectivity index (χ3n) is 3.91. The molecule has 1 rings (SSSR count). The van der Waals surface area contributed by atoms with Crippen LogP contribution in [0.15, 0.2) is 28.2 Å². The van der Waals surface area contributed by atoms with E-state index in [1.165, 1.54) is 38.0 Å². The Labute approximate surface area is 176 Å². The lowest BCUT2D eigenvalue weighted by molar-refractivity contribution is -0.152. The summed E-state index contributed by atoms with van der Waals surface area (Å²) in [6.07, 6.45) is 7.63. The average Bonchev–Trinajstić information content (AvgIpc) is 2.74. The predicted octanol–water partition coefficient (Wildman–Crippen LogP) is 1.46. The summed E-state index contributed by atoms with van der Waals surface area (Å²) in [6.45, 7) is 3.63. The molecule has 10 nitrogen and oxygen atoms in total. The van der Waals surface area contributed by atoms with Gasteiger partial charge in [0.25, 0.3) is 0 Å². The lowest BCUT2D eigenvalue weighted by Crippen LogP contribution is -2.35. The zero-order valence-electron chi connectivity index (χ0n) is 17.5. The van der Waals surface area contributed by atoms with Crippen molar-refractivity contribution in [3.05, 3.63) is 23.8 Å². The average molecular weight is 424 g/mol. The standard InChI is InChI=1S/C9H6N2O2.C6H16N2.C5H10O4/c1-7-2-3-8(10-5-12)4-9(7)11-6-13;7-5-3-1-2-4-6-8;1-5(2-6,3-7)4(8)9/h2-4H,1H3;1-8H2;6-7H,2-3H2,1H3,(H,8,9). The summed E-state index contributed by atoms with van der Waals surface area (Å²) in [5.41, 5.74) is 10.9. The SMILES string of the molecule is CC(CO)(CO)C(=O)O.Cc1ccc(N=C=O)cc1N=C=O.NCCCCCCN. The summed E-state index contributed by atoms with van der Waals surface area (Å²) in [5, 5.41) is 25.1. The molecule has 0 heterocycles. The Bertz CT molecular complexity index is 703. The Hall–Kier alpha value is -2.71. The smallest absolute Gasteiger partial charge is 0.314 e. The number of aryl methyl sites for hydroxylation is 1. The number of benzene rings is 1. The van der Waals surface area contributed by atoms with Crippen LogP contribution in [0.3, 0.4) is 0 Å². The lowest BCUT2D eigenvalue weighted by atomic mass is 9.94. The number of aliphatic imine (C=N–C) groups is 2. The number of isocyanates is 2. The van der Waals surface area contributed by atoms with Crippen molar-refractivity contribution in [2.45, 2.75) is 39.5 Å². The van der Waals surface area contributed by atoms with Gasteiger partial charge in [-0.25, -0.2) is 9.59 Å². The largest absolute Gasteiger partial charge is 0.481 e. The van der Waals surface area contributed by atoms with E-state index >= 15 is 0 Å². The summed E-state index contributed by atoms with van der Waals surface area (Å²) in [4.78, 5) is 36.9. The van der Waals surface area contributed by atoms with E-state index in [9.17, 15) is 14.4 Å². The lowest BCUT2D eigenvalue weighted by Gasteiger charge is -2.17. The third-order valence-corrected chi connectivity index (χ3v) is 3.91. The first-order valence-corrected chi connectivity index (χ1v) is 9.37. The van der Waals surface area contributed by atoms with Gasteiger partial charge in [0.1, 0.15) is 5.41 Å². The van der Waals surface area contributed by atoms with Crippen LogP contribution in [0.25, 0.3) is 0 Å². The van der Waals surface area contributed by atoms with Crippen molar-refractivity contribution >= 4 is 29.5 Å². The van der Waals surface area contributed by atoms with Crippen LogP contribution >= 0.6 is 0 Å². The first-order chi connectivity index (χ1) is 14.3. The molecule has 1 aromatic rings. The Kier molecular flexibility index (Phi) is 18.0. The van der Waals surface area contributed by atoms with Crippen molar-refractivity contribution in [1.82, 2.24) is 0 Å². The number of rotatable bonds is 10. The summed E-state index contributed by atoms with van der Waals surface area (Å²) >= 11 is 0. The maximum Gasteiger partial charge on any atom is 0.314 e. The van der Waals surface area contributed by atoms with Gasteiger partial charge in [-0.1, -0.05) is 18.9 Å². The van der Waals surface area contributed by atoms with Crippen molar-refractivity contribution < 1.29 is 29.7 Å². The number of hydrogen-bond donors (Lipinski definition) is 5. The predicted molar refractivity (Wildman–Crippen MR) is 113 cm³/mol. The number of aliphatic hydroxyl groups is 2. The van der Waals surface area contributed by atoms with E-state index in [0.717, 1.165) is 31.5 Å². The fourth-order valence-electron chi connectivity index (χ4n) is 1.72. The van der Waals surface area contributed by atoms with E-state index in [2.05, 4.69) is 9.98 Å². The van der Waals surface area contributed by atoms with Gasteiger partial charge in [0, 0.05) is 0 Å². The molecule has 0 aliphatic carbocycles. The highest BCUT2D eigenvalue weighted by Crippen LogP contribution is 2.23. The number of aliphatic hydroxyl groups excluding tert-OH is 2. The van der Waals surface area contributed by atoms with E-state index in [1.54, 1.807) is 19.1 Å². The normalized spacial score (nSPS) is 9.67. The van der Waals surface area contributed by atoms with Gasteiger partial charge < -0.3 is 26.8 Å². The molecule has 0 amide bonds. The third kappa shape index (κ3) is 13.5. The molecule has 10 heteroatoms. The number of nitrogens with two attached hydrogens (primary N) is 2. The molecule has 1 aromatic carbocycles. The van der Waals surface area contributed by atoms with Gasteiger partial charge in [-0.15, -0.1) is 0 Å². The molecule has 7 N–H and O–H groups in total. The van der Waals surface area contributed by atoms with Crippen molar-refractivity contribution in [3.8, 4) is 0 Å². The maximum absolute atomic E-state index is 10.2. The summed E-state index contributed by atoms with van der Waals surface area (Å²) in [5.74, 6) is -1.19. The van der Waals surface area contributed by atoms with Crippen molar-refractivity contribution in [1.29, 1.82) is 0 Å². The van der Waals surface area contributed by atoms with Crippen LogP contribution in [0.1, 0.15) is 38.2 Å².